The molecule has 106 valence electrons. The van der Waals surface area contributed by atoms with Gasteiger partial charge < -0.3 is 10.6 Å². The predicted molar refractivity (Wildman–Crippen MR) is 69.6 cm³/mol. The van der Waals surface area contributed by atoms with Crippen LogP contribution in [0.5, 0.6) is 0 Å². The lowest BCUT2D eigenvalue weighted by Gasteiger charge is -2.34. The van der Waals surface area contributed by atoms with Crippen LogP contribution in [0.15, 0.2) is 0 Å². The largest absolute Gasteiger partial charge is 0.401 e. The lowest BCUT2D eigenvalue weighted by Crippen LogP contribution is -2.49. The molecule has 0 saturated carbocycles. The molecule has 1 aliphatic rings. The highest BCUT2D eigenvalue weighted by Gasteiger charge is 2.31. The van der Waals surface area contributed by atoms with E-state index in [0.717, 1.165) is 25.8 Å². The summed E-state index contributed by atoms with van der Waals surface area (Å²) in [5.74, 6) is 0. The molecule has 1 heterocycles. The maximum Gasteiger partial charge on any atom is 0.401 e. The second-order valence-corrected chi connectivity index (χ2v) is 5.18. The first kappa shape index (κ1) is 15.7. The third kappa shape index (κ3) is 7.13. The summed E-state index contributed by atoms with van der Waals surface area (Å²) in [6.07, 6.45) is -1.38. The van der Waals surface area contributed by atoms with Crippen molar-refractivity contribution in [2.24, 2.45) is 5.73 Å². The number of nitrogens with two attached hydrogens (primary N) is 1. The van der Waals surface area contributed by atoms with Crippen molar-refractivity contribution in [1.29, 1.82) is 0 Å². The van der Waals surface area contributed by atoms with Gasteiger partial charge in [-0.25, -0.2) is 0 Å². The number of alkyl halides is 3. The zero-order chi connectivity index (χ0) is 13.6. The molecule has 0 aromatic rings. The van der Waals surface area contributed by atoms with Gasteiger partial charge in [0.25, 0.3) is 0 Å². The molecule has 3 nitrogen and oxygen atoms in total. The SMILES string of the molecule is NC(=S)CCCCN1CCN(CC(F)(F)F)CC1. The van der Waals surface area contributed by atoms with Crippen LogP contribution in [0.4, 0.5) is 13.2 Å². The fourth-order valence-corrected chi connectivity index (χ4v) is 2.20. The first-order valence-corrected chi connectivity index (χ1v) is 6.57. The maximum atomic E-state index is 12.2. The van der Waals surface area contributed by atoms with Crippen molar-refractivity contribution in [3.63, 3.8) is 0 Å². The molecule has 1 aliphatic heterocycles. The number of nitrogens with zero attached hydrogens (tertiary/aromatic N) is 2. The van der Waals surface area contributed by atoms with Crippen LogP contribution >= 0.6 is 12.2 Å². The minimum atomic E-state index is -4.08. The van der Waals surface area contributed by atoms with Gasteiger partial charge in [-0.2, -0.15) is 13.2 Å². The van der Waals surface area contributed by atoms with E-state index in [9.17, 15) is 13.2 Å². The second-order valence-electron chi connectivity index (χ2n) is 4.66. The van der Waals surface area contributed by atoms with E-state index < -0.39 is 12.7 Å². The molecule has 0 atom stereocenters. The Balaban J connectivity index is 2.10. The first-order valence-electron chi connectivity index (χ1n) is 6.16. The molecule has 18 heavy (non-hydrogen) atoms. The molecule has 0 aliphatic carbocycles. The zero-order valence-corrected chi connectivity index (χ0v) is 11.2. The molecule has 0 bridgehead atoms. The molecular formula is C11H20F3N3S. The number of hydrogen-bond acceptors (Lipinski definition) is 3. The minimum Gasteiger partial charge on any atom is -0.393 e. The van der Waals surface area contributed by atoms with Gasteiger partial charge in [-0.1, -0.05) is 12.2 Å². The van der Waals surface area contributed by atoms with E-state index >= 15 is 0 Å². The van der Waals surface area contributed by atoms with Crippen LogP contribution < -0.4 is 5.73 Å². The number of thiocarbonyl (C=S) groups is 1. The van der Waals surface area contributed by atoms with Gasteiger partial charge in [-0.3, -0.25) is 4.90 Å². The Labute approximate surface area is 111 Å². The molecule has 0 aromatic carbocycles. The van der Waals surface area contributed by atoms with Crippen molar-refractivity contribution in [3.8, 4) is 0 Å². The van der Waals surface area contributed by atoms with E-state index in [1.807, 2.05) is 0 Å². The van der Waals surface area contributed by atoms with E-state index in [0.29, 0.717) is 31.2 Å². The van der Waals surface area contributed by atoms with Crippen LogP contribution in [0.25, 0.3) is 0 Å². The Morgan fingerprint density at radius 2 is 1.61 bits per heavy atom. The molecule has 0 radical (unpaired) electrons. The van der Waals surface area contributed by atoms with Gasteiger partial charge in [0.2, 0.25) is 0 Å². The Hall–Kier alpha value is -0.400. The third-order valence-corrected chi connectivity index (χ3v) is 3.22. The standard InChI is InChI=1S/C11H20F3N3S/c12-11(13,14)9-17-7-5-16(6-8-17)4-2-1-3-10(15)18/h1-9H2,(H2,15,18). The molecule has 0 amide bonds. The van der Waals surface area contributed by atoms with Crippen molar-refractivity contribution in [2.75, 3.05) is 39.3 Å². The van der Waals surface area contributed by atoms with E-state index in [-0.39, 0.29) is 0 Å². The van der Waals surface area contributed by atoms with Gasteiger partial charge in [-0.15, -0.1) is 0 Å². The molecular weight excluding hydrogens is 263 g/mol. The Bertz CT molecular complexity index is 263. The number of piperazine rings is 1. The van der Waals surface area contributed by atoms with Crippen LogP contribution in [0.1, 0.15) is 19.3 Å². The predicted octanol–water partition coefficient (Wildman–Crippen LogP) is 1.62. The van der Waals surface area contributed by atoms with Gasteiger partial charge in [0.1, 0.15) is 0 Å². The van der Waals surface area contributed by atoms with Crippen LogP contribution in [-0.2, 0) is 0 Å². The van der Waals surface area contributed by atoms with Gasteiger partial charge in [-0.05, 0) is 25.8 Å². The maximum absolute atomic E-state index is 12.2. The van der Waals surface area contributed by atoms with Crippen LogP contribution in [0.3, 0.4) is 0 Å². The summed E-state index contributed by atoms with van der Waals surface area (Å²) in [5.41, 5.74) is 5.39. The monoisotopic (exact) mass is 283 g/mol. The quantitative estimate of drug-likeness (QED) is 0.593. The topological polar surface area (TPSA) is 32.5 Å². The molecule has 0 aromatic heterocycles. The van der Waals surface area contributed by atoms with E-state index in [2.05, 4.69) is 4.90 Å². The average molecular weight is 283 g/mol. The number of hydrogen-bond donors (Lipinski definition) is 1. The fraction of sp³-hybridized carbons (Fsp3) is 0.909. The summed E-state index contributed by atoms with van der Waals surface area (Å²) in [4.78, 5) is 4.20. The van der Waals surface area contributed by atoms with Crippen molar-refractivity contribution in [1.82, 2.24) is 9.80 Å². The highest BCUT2D eigenvalue weighted by Crippen LogP contribution is 2.17. The smallest absolute Gasteiger partial charge is 0.393 e. The van der Waals surface area contributed by atoms with Gasteiger partial charge in [0, 0.05) is 26.2 Å². The Kier molecular flexibility index (Phi) is 6.31. The molecule has 1 rings (SSSR count). The molecule has 2 N–H and O–H groups in total. The number of unbranched alkanes of at least 4 members (excludes halogenated alkanes) is 1. The zero-order valence-electron chi connectivity index (χ0n) is 10.4. The van der Waals surface area contributed by atoms with Crippen molar-refractivity contribution in [2.45, 2.75) is 25.4 Å². The second kappa shape index (κ2) is 7.25. The lowest BCUT2D eigenvalue weighted by molar-refractivity contribution is -0.149. The summed E-state index contributed by atoms with van der Waals surface area (Å²) in [6, 6.07) is 0. The molecule has 0 spiro atoms. The number of rotatable bonds is 6. The van der Waals surface area contributed by atoms with Crippen molar-refractivity contribution < 1.29 is 13.2 Å². The van der Waals surface area contributed by atoms with Crippen LogP contribution in [0.2, 0.25) is 0 Å². The minimum absolute atomic E-state index is 0.495. The van der Waals surface area contributed by atoms with E-state index in [1.165, 1.54) is 4.90 Å². The third-order valence-electron chi connectivity index (χ3n) is 3.02. The summed E-state index contributed by atoms with van der Waals surface area (Å²) in [7, 11) is 0. The highest BCUT2D eigenvalue weighted by molar-refractivity contribution is 7.80. The summed E-state index contributed by atoms with van der Waals surface area (Å²) in [6.45, 7) is 2.54. The lowest BCUT2D eigenvalue weighted by atomic mass is 10.2. The van der Waals surface area contributed by atoms with Crippen molar-refractivity contribution in [3.05, 3.63) is 0 Å². The summed E-state index contributed by atoms with van der Waals surface area (Å²) >= 11 is 4.78. The van der Waals surface area contributed by atoms with Crippen molar-refractivity contribution >= 4 is 17.2 Å². The fourth-order valence-electron chi connectivity index (χ4n) is 2.06. The Morgan fingerprint density at radius 1 is 1.06 bits per heavy atom. The van der Waals surface area contributed by atoms with E-state index in [1.54, 1.807) is 0 Å². The normalized spacial score (nSPS) is 19.1. The van der Waals surface area contributed by atoms with Gasteiger partial charge in [0.05, 0.1) is 11.5 Å². The summed E-state index contributed by atoms with van der Waals surface area (Å²) < 4.78 is 36.5. The molecule has 1 saturated heterocycles. The van der Waals surface area contributed by atoms with Crippen LogP contribution in [-0.4, -0.2) is 60.2 Å². The molecule has 7 heteroatoms. The first-order chi connectivity index (χ1) is 8.37. The Morgan fingerprint density at radius 3 is 2.11 bits per heavy atom. The van der Waals surface area contributed by atoms with Gasteiger partial charge >= 0.3 is 6.18 Å². The van der Waals surface area contributed by atoms with Crippen LogP contribution in [0, 0.1) is 0 Å². The molecule has 0 unspecified atom stereocenters. The highest BCUT2D eigenvalue weighted by atomic mass is 32.1. The molecule has 1 fully saturated rings. The van der Waals surface area contributed by atoms with Gasteiger partial charge in [0.15, 0.2) is 0 Å². The average Bonchev–Trinajstić information content (AvgIpc) is 2.24. The van der Waals surface area contributed by atoms with E-state index in [4.69, 9.17) is 18.0 Å². The number of halogens is 3. The summed E-state index contributed by atoms with van der Waals surface area (Å²) in [5, 5.41) is 0.